The largest absolute Gasteiger partial charge is 0.444 e. The van der Waals surface area contributed by atoms with E-state index in [1.165, 1.54) is 0 Å². The Bertz CT molecular complexity index is 1580. The van der Waals surface area contributed by atoms with Gasteiger partial charge < -0.3 is 24.8 Å². The van der Waals surface area contributed by atoms with Crippen molar-refractivity contribution >= 4 is 46.2 Å². The number of amides is 2. The van der Waals surface area contributed by atoms with Crippen molar-refractivity contribution < 1.29 is 14.3 Å². The third kappa shape index (κ3) is 5.87. The highest BCUT2D eigenvalue weighted by Gasteiger charge is 2.31. The van der Waals surface area contributed by atoms with Crippen molar-refractivity contribution in [3.8, 4) is 0 Å². The molecular weight excluding hydrogens is 548 g/mol. The summed E-state index contributed by atoms with van der Waals surface area (Å²) in [6.07, 6.45) is 8.42. The second-order valence-corrected chi connectivity index (χ2v) is 12.6. The van der Waals surface area contributed by atoms with Gasteiger partial charge in [-0.15, -0.1) is 0 Å². The van der Waals surface area contributed by atoms with E-state index in [9.17, 15) is 14.4 Å². The Labute approximate surface area is 251 Å². The number of hydrogen-bond acceptors (Lipinski definition) is 9. The first kappa shape index (κ1) is 28.9. The summed E-state index contributed by atoms with van der Waals surface area (Å²) >= 11 is 0. The van der Waals surface area contributed by atoms with Gasteiger partial charge in [0.25, 0.3) is 5.56 Å². The molecule has 3 fully saturated rings. The standard InChI is InChI=1S/C31H40N8O4/c1-20-23-19-33-29(35-27(23)39(21-8-5-6-9-21)28(41)26(20)38-13-7-10-25(38)40)34-24-12-11-22(18-32-24)36-14-16-37(17-15-36)30(42)43-31(2,3)4/h11-12,18-19,21H,5-10,13-17H2,1-4H3,(H,32,33,34,35). The lowest BCUT2D eigenvalue weighted by Crippen LogP contribution is -2.50. The average Bonchev–Trinajstić information content (AvgIpc) is 3.65. The van der Waals surface area contributed by atoms with Crippen molar-refractivity contribution in [2.45, 2.75) is 77.9 Å². The summed E-state index contributed by atoms with van der Waals surface area (Å²) in [4.78, 5) is 58.5. The van der Waals surface area contributed by atoms with Crippen LogP contribution in [0.3, 0.4) is 0 Å². The molecule has 3 aromatic rings. The molecule has 0 spiro atoms. The van der Waals surface area contributed by atoms with Crippen molar-refractivity contribution in [2.24, 2.45) is 0 Å². The monoisotopic (exact) mass is 588 g/mol. The predicted octanol–water partition coefficient (Wildman–Crippen LogP) is 4.54. The maximum atomic E-state index is 13.9. The molecule has 0 atom stereocenters. The normalized spacial score (nSPS) is 18.1. The van der Waals surface area contributed by atoms with E-state index < -0.39 is 5.60 Å². The molecule has 1 aliphatic carbocycles. The molecule has 2 aliphatic heterocycles. The smallest absolute Gasteiger partial charge is 0.410 e. The van der Waals surface area contributed by atoms with Crippen LogP contribution in [0.1, 0.15) is 70.9 Å². The van der Waals surface area contributed by atoms with Crippen LogP contribution in [0.2, 0.25) is 0 Å². The Morgan fingerprint density at radius 2 is 1.72 bits per heavy atom. The third-order valence-electron chi connectivity index (χ3n) is 8.49. The molecule has 228 valence electrons. The summed E-state index contributed by atoms with van der Waals surface area (Å²) in [5.41, 5.74) is 2.09. The fourth-order valence-corrected chi connectivity index (χ4v) is 6.32. The molecule has 12 heteroatoms. The molecule has 12 nitrogen and oxygen atoms in total. The lowest BCUT2D eigenvalue weighted by atomic mass is 10.1. The average molecular weight is 589 g/mol. The number of pyridine rings is 2. The number of carbonyl (C=O) groups excluding carboxylic acids is 2. The molecule has 3 aromatic heterocycles. The summed E-state index contributed by atoms with van der Waals surface area (Å²) in [5.74, 6) is 0.937. The van der Waals surface area contributed by atoms with Crippen LogP contribution in [0, 0.1) is 6.92 Å². The van der Waals surface area contributed by atoms with Crippen LogP contribution in [0.25, 0.3) is 11.0 Å². The molecule has 2 amide bonds. The van der Waals surface area contributed by atoms with Gasteiger partial charge in [0.05, 0.1) is 11.9 Å². The molecule has 1 N–H and O–H groups in total. The SMILES string of the molecule is Cc1c(N2CCCC2=O)c(=O)n(C2CCCC2)c2nc(Nc3ccc(N4CCN(C(=O)OC(C)(C)C)CC4)cn3)ncc12. The van der Waals surface area contributed by atoms with E-state index in [-0.39, 0.29) is 23.6 Å². The van der Waals surface area contributed by atoms with Gasteiger partial charge in [-0.05, 0) is 64.7 Å². The Balaban J connectivity index is 1.21. The van der Waals surface area contributed by atoms with Gasteiger partial charge in [0.15, 0.2) is 0 Å². The van der Waals surface area contributed by atoms with Crippen LogP contribution in [0.4, 0.5) is 27.9 Å². The second kappa shape index (κ2) is 11.5. The first-order valence-corrected chi connectivity index (χ1v) is 15.3. The number of nitrogens with zero attached hydrogens (tertiary/aromatic N) is 7. The summed E-state index contributed by atoms with van der Waals surface area (Å²) < 4.78 is 7.30. The fraction of sp³-hybridized carbons (Fsp3) is 0.548. The van der Waals surface area contributed by atoms with Crippen LogP contribution in [0.15, 0.2) is 29.3 Å². The van der Waals surface area contributed by atoms with Crippen molar-refractivity contribution in [1.82, 2.24) is 24.4 Å². The number of aromatic nitrogens is 4. The number of carbonyl (C=O) groups is 2. The van der Waals surface area contributed by atoms with Crippen molar-refractivity contribution in [3.05, 3.63) is 40.4 Å². The quantitative estimate of drug-likeness (QED) is 0.457. The zero-order valence-electron chi connectivity index (χ0n) is 25.4. The van der Waals surface area contributed by atoms with Gasteiger partial charge in [-0.1, -0.05) is 12.8 Å². The van der Waals surface area contributed by atoms with E-state index >= 15 is 0 Å². The first-order chi connectivity index (χ1) is 20.6. The van der Waals surface area contributed by atoms with E-state index in [1.807, 2.05) is 39.8 Å². The number of ether oxygens (including phenoxy) is 1. The van der Waals surface area contributed by atoms with Crippen molar-refractivity contribution in [1.29, 1.82) is 0 Å². The van der Waals surface area contributed by atoms with Gasteiger partial charge in [0, 0.05) is 56.8 Å². The summed E-state index contributed by atoms with van der Waals surface area (Å²) in [7, 11) is 0. The summed E-state index contributed by atoms with van der Waals surface area (Å²) in [6.45, 7) is 10.6. The number of fused-ring (bicyclic) bond motifs is 1. The molecular formula is C31H40N8O4. The van der Waals surface area contributed by atoms with E-state index in [0.29, 0.717) is 62.2 Å². The molecule has 43 heavy (non-hydrogen) atoms. The number of anilines is 4. The molecule has 6 rings (SSSR count). The van der Waals surface area contributed by atoms with E-state index in [1.54, 1.807) is 26.8 Å². The third-order valence-corrected chi connectivity index (χ3v) is 8.49. The fourth-order valence-electron chi connectivity index (χ4n) is 6.32. The Hall–Kier alpha value is -4.22. The van der Waals surface area contributed by atoms with E-state index in [0.717, 1.165) is 48.7 Å². The van der Waals surface area contributed by atoms with Crippen LogP contribution in [0.5, 0.6) is 0 Å². The number of aryl methyl sites for hydroxylation is 1. The van der Waals surface area contributed by atoms with Gasteiger partial charge >= 0.3 is 6.09 Å². The minimum absolute atomic E-state index is 0.00355. The number of hydrogen-bond donors (Lipinski definition) is 1. The first-order valence-electron chi connectivity index (χ1n) is 15.3. The topological polar surface area (TPSA) is 126 Å². The van der Waals surface area contributed by atoms with Crippen LogP contribution in [-0.2, 0) is 9.53 Å². The Morgan fingerprint density at radius 1 is 0.977 bits per heavy atom. The molecule has 5 heterocycles. The van der Waals surface area contributed by atoms with Gasteiger partial charge in [-0.2, -0.15) is 4.98 Å². The van der Waals surface area contributed by atoms with Gasteiger partial charge in [-0.3, -0.25) is 14.2 Å². The van der Waals surface area contributed by atoms with Crippen molar-refractivity contribution in [3.63, 3.8) is 0 Å². The molecule has 0 radical (unpaired) electrons. The van der Waals surface area contributed by atoms with Crippen LogP contribution < -0.4 is 20.7 Å². The summed E-state index contributed by atoms with van der Waals surface area (Å²) in [6, 6.07) is 3.90. The van der Waals surface area contributed by atoms with Crippen LogP contribution >= 0.6 is 0 Å². The minimum atomic E-state index is -0.514. The van der Waals surface area contributed by atoms with E-state index in [4.69, 9.17) is 9.72 Å². The zero-order valence-corrected chi connectivity index (χ0v) is 25.4. The number of nitrogens with one attached hydrogen (secondary N) is 1. The number of rotatable bonds is 5. The highest BCUT2D eigenvalue weighted by molar-refractivity contribution is 5.98. The van der Waals surface area contributed by atoms with Gasteiger partial charge in [0.1, 0.15) is 22.8 Å². The van der Waals surface area contributed by atoms with Gasteiger partial charge in [-0.25, -0.2) is 14.8 Å². The molecule has 0 bridgehead atoms. The molecule has 0 aromatic carbocycles. The molecule has 0 unspecified atom stereocenters. The number of piperazine rings is 1. The summed E-state index contributed by atoms with van der Waals surface area (Å²) in [5, 5.41) is 3.98. The minimum Gasteiger partial charge on any atom is -0.444 e. The lowest BCUT2D eigenvalue weighted by molar-refractivity contribution is -0.117. The Kier molecular flexibility index (Phi) is 7.70. The molecule has 1 saturated carbocycles. The lowest BCUT2D eigenvalue weighted by Gasteiger charge is -2.36. The Morgan fingerprint density at radius 3 is 2.35 bits per heavy atom. The highest BCUT2D eigenvalue weighted by atomic mass is 16.6. The van der Waals surface area contributed by atoms with E-state index in [2.05, 4.69) is 20.2 Å². The van der Waals surface area contributed by atoms with Gasteiger partial charge in [0.2, 0.25) is 11.9 Å². The maximum Gasteiger partial charge on any atom is 0.410 e. The second-order valence-electron chi connectivity index (χ2n) is 12.6. The van der Waals surface area contributed by atoms with Crippen molar-refractivity contribution in [2.75, 3.05) is 47.8 Å². The highest BCUT2D eigenvalue weighted by Crippen LogP contribution is 2.34. The molecule has 2 saturated heterocycles. The van der Waals surface area contributed by atoms with Crippen LogP contribution in [-0.4, -0.2) is 74.7 Å². The molecule has 3 aliphatic rings. The maximum absolute atomic E-state index is 13.9. The zero-order chi connectivity index (χ0) is 30.3. The predicted molar refractivity (Wildman–Crippen MR) is 165 cm³/mol.